The molecule has 0 aromatic heterocycles. The molecule has 2 unspecified atom stereocenters. The maximum Gasteiger partial charge on any atom is 0.241 e. The smallest absolute Gasteiger partial charge is 0.241 e. The van der Waals surface area contributed by atoms with Crippen LogP contribution in [0, 0.1) is 17.6 Å². The lowest BCUT2D eigenvalue weighted by Gasteiger charge is -2.37. The van der Waals surface area contributed by atoms with E-state index in [0.29, 0.717) is 50.4 Å². The average Bonchev–Trinajstić information content (AvgIpc) is 3.06. The molecule has 5 rings (SSSR count). The summed E-state index contributed by atoms with van der Waals surface area (Å²) < 4.78 is 61.7. The molecule has 0 radical (unpaired) electrons. The van der Waals surface area contributed by atoms with E-state index in [1.165, 1.54) is 24.3 Å². The zero-order chi connectivity index (χ0) is 28.3. The molecule has 3 heterocycles. The Bertz CT molecular complexity index is 1290. The van der Waals surface area contributed by atoms with Gasteiger partial charge in [-0.3, -0.25) is 4.79 Å². The Morgan fingerprint density at radius 1 is 1.15 bits per heavy atom. The molecular formula is C29H38F2N4O4S. The lowest BCUT2D eigenvalue weighted by Crippen LogP contribution is -2.57. The average molecular weight is 577 g/mol. The summed E-state index contributed by atoms with van der Waals surface area (Å²) in [5.74, 6) is -1.62. The van der Waals surface area contributed by atoms with Gasteiger partial charge >= 0.3 is 0 Å². The first kappa shape index (κ1) is 29.1. The second-order valence-electron chi connectivity index (χ2n) is 11.2. The highest BCUT2D eigenvalue weighted by Gasteiger charge is 2.38. The van der Waals surface area contributed by atoms with Crippen molar-refractivity contribution in [1.82, 2.24) is 9.62 Å². The number of ether oxygens (including phenoxy) is 1. The van der Waals surface area contributed by atoms with Crippen LogP contribution >= 0.6 is 0 Å². The number of fused-ring (bicyclic) bond motifs is 2. The zero-order valence-corrected chi connectivity index (χ0v) is 23.3. The van der Waals surface area contributed by atoms with Gasteiger partial charge in [-0.05, 0) is 74.3 Å². The Balaban J connectivity index is 1.32. The minimum atomic E-state index is -3.37. The first-order chi connectivity index (χ1) is 19.2. The van der Waals surface area contributed by atoms with E-state index in [9.17, 15) is 17.6 Å². The Morgan fingerprint density at radius 3 is 2.70 bits per heavy atom. The van der Waals surface area contributed by atoms with Gasteiger partial charge in [-0.2, -0.15) is 4.31 Å². The SMILES string of the molecule is N[C@H](C(=O)Nc1cccc(F)c1CC[C@H]1CN[C@@H]2CCCS(=O)(=O)N1C2)[C@@H](c1ccc(F)cc1)C1CCCOC1. The molecule has 2 aromatic carbocycles. The van der Waals surface area contributed by atoms with Gasteiger partial charge in [0, 0.05) is 48.9 Å². The van der Waals surface area contributed by atoms with Gasteiger partial charge in [0.15, 0.2) is 0 Å². The highest BCUT2D eigenvalue weighted by Crippen LogP contribution is 2.34. The fourth-order valence-electron chi connectivity index (χ4n) is 6.37. The third kappa shape index (κ3) is 6.54. The van der Waals surface area contributed by atoms with Gasteiger partial charge < -0.3 is 21.1 Å². The van der Waals surface area contributed by atoms with E-state index in [0.717, 1.165) is 24.8 Å². The van der Waals surface area contributed by atoms with Crippen molar-refractivity contribution in [3.8, 4) is 0 Å². The van der Waals surface area contributed by atoms with Gasteiger partial charge in [0.25, 0.3) is 0 Å². The van der Waals surface area contributed by atoms with Crippen molar-refractivity contribution >= 4 is 21.6 Å². The number of benzene rings is 2. The maximum atomic E-state index is 15.1. The zero-order valence-electron chi connectivity index (χ0n) is 22.5. The highest BCUT2D eigenvalue weighted by molar-refractivity contribution is 7.89. The number of hydrogen-bond acceptors (Lipinski definition) is 6. The number of hydrogen-bond donors (Lipinski definition) is 3. The van der Waals surface area contributed by atoms with Crippen molar-refractivity contribution in [3.05, 3.63) is 65.2 Å². The van der Waals surface area contributed by atoms with Crippen molar-refractivity contribution < 1.29 is 26.7 Å². The molecule has 0 saturated carbocycles. The van der Waals surface area contributed by atoms with Crippen LogP contribution in [0.5, 0.6) is 0 Å². The lowest BCUT2D eigenvalue weighted by atomic mass is 9.78. The number of halogens is 2. The quantitative estimate of drug-likeness (QED) is 0.445. The summed E-state index contributed by atoms with van der Waals surface area (Å²) in [6.07, 6.45) is 3.76. The molecule has 8 nitrogen and oxygen atoms in total. The van der Waals surface area contributed by atoms with Crippen LogP contribution in [0.2, 0.25) is 0 Å². The van der Waals surface area contributed by atoms with Gasteiger partial charge in [0.05, 0.1) is 18.4 Å². The lowest BCUT2D eigenvalue weighted by molar-refractivity contribution is -0.118. The fourth-order valence-corrected chi connectivity index (χ4v) is 8.18. The normalized spacial score (nSPS) is 27.8. The number of carbonyl (C=O) groups excluding carboxylic acids is 1. The Kier molecular flexibility index (Phi) is 9.16. The van der Waals surface area contributed by atoms with E-state index in [4.69, 9.17) is 10.5 Å². The van der Waals surface area contributed by atoms with Crippen LogP contribution in [-0.2, 0) is 26.0 Å². The summed E-state index contributed by atoms with van der Waals surface area (Å²) in [6, 6.07) is 9.38. The second kappa shape index (κ2) is 12.6. The molecule has 218 valence electrons. The topological polar surface area (TPSA) is 114 Å². The summed E-state index contributed by atoms with van der Waals surface area (Å²) in [6.45, 7) is 2.03. The predicted octanol–water partition coefficient (Wildman–Crippen LogP) is 3.14. The van der Waals surface area contributed by atoms with Gasteiger partial charge in [0.2, 0.25) is 15.9 Å². The van der Waals surface area contributed by atoms with Gasteiger partial charge in [-0.15, -0.1) is 0 Å². The van der Waals surface area contributed by atoms with E-state index < -0.39 is 33.7 Å². The second-order valence-corrected chi connectivity index (χ2v) is 13.2. The van der Waals surface area contributed by atoms with Crippen LogP contribution < -0.4 is 16.4 Å². The standard InChI is InChI=1S/C29H38F2N4O4S/c30-21-10-8-19(9-11-21)27(20-4-2-14-39-18-20)28(32)29(36)34-26-7-1-6-25(31)24(26)13-12-23-16-33-22-5-3-15-40(37,38)35(23)17-22/h1,6-11,20,22-23,27-28,33H,2-5,12-18,32H2,(H,34,36)/t20?,22-,23+,27+,28+/m1/s1. The number of sulfonamides is 1. The Labute approximate surface area is 234 Å². The number of nitrogens with one attached hydrogen (secondary N) is 2. The van der Waals surface area contributed by atoms with Crippen molar-refractivity contribution in [2.24, 2.45) is 11.7 Å². The minimum absolute atomic E-state index is 0.0230. The summed E-state index contributed by atoms with van der Waals surface area (Å²) >= 11 is 0. The van der Waals surface area contributed by atoms with Crippen LogP contribution in [0.15, 0.2) is 42.5 Å². The van der Waals surface area contributed by atoms with Crippen LogP contribution in [0.25, 0.3) is 0 Å². The molecule has 6 atom stereocenters. The molecule has 11 heteroatoms. The molecule has 3 aliphatic heterocycles. The van der Waals surface area contributed by atoms with E-state index >= 15 is 4.39 Å². The van der Waals surface area contributed by atoms with E-state index in [-0.39, 0.29) is 36.0 Å². The molecule has 1 amide bonds. The summed E-state index contributed by atoms with van der Waals surface area (Å²) in [4.78, 5) is 13.5. The summed E-state index contributed by atoms with van der Waals surface area (Å²) in [5, 5.41) is 6.28. The van der Waals surface area contributed by atoms with Crippen LogP contribution in [-0.4, -0.2) is 68.8 Å². The van der Waals surface area contributed by atoms with E-state index in [1.54, 1.807) is 22.5 Å². The molecule has 3 fully saturated rings. The number of anilines is 1. The van der Waals surface area contributed by atoms with Gasteiger partial charge in [-0.1, -0.05) is 18.2 Å². The van der Waals surface area contributed by atoms with Crippen molar-refractivity contribution in [3.63, 3.8) is 0 Å². The number of nitrogens with zero attached hydrogens (tertiary/aromatic N) is 1. The monoisotopic (exact) mass is 576 g/mol. The molecule has 0 spiro atoms. The van der Waals surface area contributed by atoms with Gasteiger partial charge in [0.1, 0.15) is 11.6 Å². The molecule has 3 aliphatic rings. The third-order valence-corrected chi connectivity index (χ3v) is 10.5. The molecule has 2 bridgehead atoms. The first-order valence-electron chi connectivity index (χ1n) is 14.1. The highest BCUT2D eigenvalue weighted by atomic mass is 32.2. The Morgan fingerprint density at radius 2 is 1.95 bits per heavy atom. The minimum Gasteiger partial charge on any atom is -0.381 e. The number of carbonyl (C=O) groups is 1. The van der Waals surface area contributed by atoms with Crippen LogP contribution in [0.1, 0.15) is 49.1 Å². The van der Waals surface area contributed by atoms with Gasteiger partial charge in [-0.25, -0.2) is 17.2 Å². The molecule has 2 aromatic rings. The molecular weight excluding hydrogens is 538 g/mol. The first-order valence-corrected chi connectivity index (χ1v) is 15.7. The summed E-state index contributed by atoms with van der Waals surface area (Å²) in [5.41, 5.74) is 7.94. The molecule has 3 saturated heterocycles. The summed E-state index contributed by atoms with van der Waals surface area (Å²) in [7, 11) is -3.37. The largest absolute Gasteiger partial charge is 0.381 e. The molecule has 4 N–H and O–H groups in total. The van der Waals surface area contributed by atoms with E-state index in [1.807, 2.05) is 0 Å². The van der Waals surface area contributed by atoms with Crippen molar-refractivity contribution in [2.75, 3.05) is 37.4 Å². The number of piperazine rings is 1. The number of amides is 1. The molecule has 40 heavy (non-hydrogen) atoms. The van der Waals surface area contributed by atoms with Crippen molar-refractivity contribution in [1.29, 1.82) is 0 Å². The third-order valence-electron chi connectivity index (χ3n) is 8.51. The van der Waals surface area contributed by atoms with Crippen LogP contribution in [0.3, 0.4) is 0 Å². The van der Waals surface area contributed by atoms with E-state index in [2.05, 4.69) is 10.6 Å². The number of rotatable bonds is 8. The van der Waals surface area contributed by atoms with Crippen molar-refractivity contribution in [2.45, 2.75) is 62.6 Å². The Hall–Kier alpha value is -2.44. The molecule has 0 aliphatic carbocycles. The predicted molar refractivity (Wildman–Crippen MR) is 149 cm³/mol. The fraction of sp³-hybridized carbons (Fsp3) is 0.552. The number of nitrogens with two attached hydrogens (primary N) is 1. The van der Waals surface area contributed by atoms with Crippen LogP contribution in [0.4, 0.5) is 14.5 Å². The maximum absolute atomic E-state index is 15.1.